The zero-order valence-electron chi connectivity index (χ0n) is 15.9. The van der Waals surface area contributed by atoms with E-state index in [1.807, 2.05) is 13.8 Å². The molecule has 1 heterocycles. The van der Waals surface area contributed by atoms with Gasteiger partial charge in [-0.2, -0.15) is 9.41 Å². The van der Waals surface area contributed by atoms with Crippen LogP contribution in [0.4, 0.5) is 5.82 Å². The smallest absolute Gasteiger partial charge is 0.244 e. The maximum absolute atomic E-state index is 12.5. The number of nitrogens with one attached hydrogen (secondary N) is 1. The highest BCUT2D eigenvalue weighted by atomic mass is 32.2. The first-order chi connectivity index (χ1) is 11.7. The molecule has 0 aromatic carbocycles. The first-order valence-corrected chi connectivity index (χ1v) is 10.4. The van der Waals surface area contributed by atoms with Gasteiger partial charge in [0.25, 0.3) is 0 Å². The Kier molecular flexibility index (Phi) is 6.21. The summed E-state index contributed by atoms with van der Waals surface area (Å²) in [5, 5.41) is 4.50. The summed E-state index contributed by atoms with van der Waals surface area (Å²) in [6, 6.07) is 3.24. The largest absolute Gasteiger partial charge is 0.261 e. The van der Waals surface area contributed by atoms with Crippen molar-refractivity contribution in [2.24, 2.45) is 16.4 Å². The third-order valence-corrected chi connectivity index (χ3v) is 6.61. The van der Waals surface area contributed by atoms with Crippen LogP contribution in [0, 0.1) is 11.3 Å². The number of sulfonamides is 1. The summed E-state index contributed by atoms with van der Waals surface area (Å²) in [6.07, 6.45) is 4.56. The van der Waals surface area contributed by atoms with Crippen molar-refractivity contribution < 1.29 is 8.42 Å². The minimum atomic E-state index is -3.47. The summed E-state index contributed by atoms with van der Waals surface area (Å²) >= 11 is 0. The molecule has 1 aromatic heterocycles. The fraction of sp³-hybridized carbons (Fsp3) is 0.667. The number of pyridine rings is 1. The first kappa shape index (κ1) is 19.8. The number of hydrogen-bond acceptors (Lipinski definition) is 5. The molecule has 6 nitrogen and oxygen atoms in total. The standard InChI is InChI=1S/C18H30N4O2S/c1-6-22(7-2)25(23,24)16-8-9-17(19-13-16)21-20-15-10-14(3)11-18(4,5)12-15/h8-9,13-14H,6-7,10-12H2,1-5H3,(H,19,21). The molecule has 7 heteroatoms. The van der Waals surface area contributed by atoms with E-state index in [0.29, 0.717) is 24.8 Å². The lowest BCUT2D eigenvalue weighted by Crippen LogP contribution is -2.30. The number of aromatic nitrogens is 1. The molecule has 0 spiro atoms. The monoisotopic (exact) mass is 366 g/mol. The Balaban J connectivity index is 2.09. The van der Waals surface area contributed by atoms with Crippen LogP contribution in [0.3, 0.4) is 0 Å². The highest BCUT2D eigenvalue weighted by Gasteiger charge is 2.29. The van der Waals surface area contributed by atoms with Crippen LogP contribution in [0.1, 0.15) is 53.9 Å². The number of nitrogens with zero attached hydrogens (tertiary/aromatic N) is 3. The van der Waals surface area contributed by atoms with Crippen LogP contribution in [0.15, 0.2) is 28.3 Å². The summed E-state index contributed by atoms with van der Waals surface area (Å²) in [5.41, 5.74) is 4.39. The van der Waals surface area contributed by atoms with Gasteiger partial charge in [-0.1, -0.05) is 34.6 Å². The molecule has 1 N–H and O–H groups in total. The van der Waals surface area contributed by atoms with Crippen LogP contribution in [0.25, 0.3) is 0 Å². The topological polar surface area (TPSA) is 74.7 Å². The Morgan fingerprint density at radius 3 is 2.52 bits per heavy atom. The van der Waals surface area contributed by atoms with E-state index >= 15 is 0 Å². The van der Waals surface area contributed by atoms with Crippen LogP contribution in [0.5, 0.6) is 0 Å². The second-order valence-electron chi connectivity index (χ2n) is 7.61. The maximum Gasteiger partial charge on any atom is 0.244 e. The van der Waals surface area contributed by atoms with Crippen molar-refractivity contribution in [3.05, 3.63) is 18.3 Å². The lowest BCUT2D eigenvalue weighted by Gasteiger charge is -2.34. The molecule has 1 unspecified atom stereocenters. The summed E-state index contributed by atoms with van der Waals surface area (Å²) < 4.78 is 26.3. The molecule has 1 aliphatic carbocycles. The van der Waals surface area contributed by atoms with Gasteiger partial charge in [0.2, 0.25) is 10.0 Å². The Morgan fingerprint density at radius 2 is 2.00 bits per heavy atom. The molecule has 25 heavy (non-hydrogen) atoms. The third-order valence-electron chi connectivity index (χ3n) is 4.58. The molecule has 1 atom stereocenters. The highest BCUT2D eigenvalue weighted by molar-refractivity contribution is 7.89. The van der Waals surface area contributed by atoms with Crippen LogP contribution in [-0.2, 0) is 10.0 Å². The van der Waals surface area contributed by atoms with E-state index in [0.717, 1.165) is 18.6 Å². The maximum atomic E-state index is 12.5. The van der Waals surface area contributed by atoms with Gasteiger partial charge in [-0.15, -0.1) is 0 Å². The molecule has 0 aliphatic heterocycles. The van der Waals surface area contributed by atoms with Crippen LogP contribution < -0.4 is 5.43 Å². The normalized spacial score (nSPS) is 22.3. The molecular weight excluding hydrogens is 336 g/mol. The lowest BCUT2D eigenvalue weighted by molar-refractivity contribution is 0.266. The Morgan fingerprint density at radius 1 is 1.32 bits per heavy atom. The molecule has 1 saturated carbocycles. The number of anilines is 1. The molecule has 0 saturated heterocycles. The van der Waals surface area contributed by atoms with Gasteiger partial charge in [0.15, 0.2) is 0 Å². The average Bonchev–Trinajstić information content (AvgIpc) is 2.52. The van der Waals surface area contributed by atoms with Crippen LogP contribution >= 0.6 is 0 Å². The van der Waals surface area contributed by atoms with Gasteiger partial charge >= 0.3 is 0 Å². The predicted octanol–water partition coefficient (Wildman–Crippen LogP) is 3.73. The fourth-order valence-corrected chi connectivity index (χ4v) is 5.05. The predicted molar refractivity (Wildman–Crippen MR) is 102 cm³/mol. The van der Waals surface area contributed by atoms with E-state index in [1.165, 1.54) is 16.9 Å². The van der Waals surface area contributed by atoms with E-state index in [2.05, 4.69) is 36.3 Å². The van der Waals surface area contributed by atoms with E-state index in [1.54, 1.807) is 12.1 Å². The minimum absolute atomic E-state index is 0.210. The van der Waals surface area contributed by atoms with Crippen molar-refractivity contribution in [1.29, 1.82) is 0 Å². The lowest BCUT2D eigenvalue weighted by atomic mass is 9.72. The van der Waals surface area contributed by atoms with Crippen molar-refractivity contribution in [3.63, 3.8) is 0 Å². The second kappa shape index (κ2) is 7.83. The van der Waals surface area contributed by atoms with E-state index < -0.39 is 10.0 Å². The molecule has 140 valence electrons. The van der Waals surface area contributed by atoms with Crippen LogP contribution in [0.2, 0.25) is 0 Å². The van der Waals surface area contributed by atoms with E-state index in [9.17, 15) is 8.42 Å². The Labute approximate surface area is 151 Å². The molecule has 1 aliphatic rings. The minimum Gasteiger partial charge on any atom is -0.261 e. The molecule has 0 amide bonds. The van der Waals surface area contributed by atoms with Gasteiger partial charge in [0.1, 0.15) is 10.7 Å². The number of hydrazone groups is 1. The van der Waals surface area contributed by atoms with Gasteiger partial charge < -0.3 is 0 Å². The zero-order valence-corrected chi connectivity index (χ0v) is 16.7. The third kappa shape index (κ3) is 5.01. The summed E-state index contributed by atoms with van der Waals surface area (Å²) in [7, 11) is -3.47. The van der Waals surface area contributed by atoms with Crippen LogP contribution in [-0.4, -0.2) is 36.5 Å². The summed E-state index contributed by atoms with van der Waals surface area (Å²) in [4.78, 5) is 4.42. The van der Waals surface area contributed by atoms with Crippen molar-refractivity contribution in [2.75, 3.05) is 18.5 Å². The molecule has 1 fully saturated rings. The average molecular weight is 367 g/mol. The van der Waals surface area contributed by atoms with Gasteiger partial charge in [-0.3, -0.25) is 5.43 Å². The molecule has 1 aromatic rings. The summed E-state index contributed by atoms with van der Waals surface area (Å²) in [5.74, 6) is 1.18. The van der Waals surface area contributed by atoms with E-state index in [-0.39, 0.29) is 10.3 Å². The first-order valence-electron chi connectivity index (χ1n) is 8.95. The van der Waals surface area contributed by atoms with Crippen molar-refractivity contribution in [2.45, 2.75) is 58.8 Å². The number of hydrogen-bond donors (Lipinski definition) is 1. The van der Waals surface area contributed by atoms with Gasteiger partial charge in [0.05, 0.1) is 0 Å². The fourth-order valence-electron chi connectivity index (χ4n) is 3.65. The number of rotatable bonds is 6. The van der Waals surface area contributed by atoms with Gasteiger partial charge in [0, 0.05) is 25.0 Å². The quantitative estimate of drug-likeness (QED) is 0.779. The molecular formula is C18H30N4O2S. The molecule has 0 radical (unpaired) electrons. The highest BCUT2D eigenvalue weighted by Crippen LogP contribution is 2.37. The van der Waals surface area contributed by atoms with Crippen molar-refractivity contribution in [1.82, 2.24) is 9.29 Å². The van der Waals surface area contributed by atoms with E-state index in [4.69, 9.17) is 0 Å². The van der Waals surface area contributed by atoms with Gasteiger partial charge in [-0.25, -0.2) is 13.4 Å². The molecule has 2 rings (SSSR count). The van der Waals surface area contributed by atoms with Crippen molar-refractivity contribution >= 4 is 21.6 Å². The molecule has 0 bridgehead atoms. The summed E-state index contributed by atoms with van der Waals surface area (Å²) in [6.45, 7) is 11.3. The zero-order chi connectivity index (χ0) is 18.7. The van der Waals surface area contributed by atoms with Crippen molar-refractivity contribution in [3.8, 4) is 0 Å². The Bertz CT molecular complexity index is 707. The van der Waals surface area contributed by atoms with Gasteiger partial charge in [-0.05, 0) is 42.7 Å². The Hall–Kier alpha value is -1.47. The SMILES string of the molecule is CCN(CC)S(=O)(=O)c1ccc(NN=C2CC(C)CC(C)(C)C2)nc1. The second-order valence-corrected chi connectivity index (χ2v) is 9.55.